The van der Waals surface area contributed by atoms with Gasteiger partial charge in [-0.15, -0.1) is 0 Å². The molecule has 1 aromatic carbocycles. The predicted octanol–water partition coefficient (Wildman–Crippen LogP) is 3.99. The molecule has 3 rings (SSSR count). The van der Waals surface area contributed by atoms with E-state index in [0.717, 1.165) is 36.1 Å². The zero-order valence-corrected chi connectivity index (χ0v) is 14.9. The van der Waals surface area contributed by atoms with E-state index in [2.05, 4.69) is 15.2 Å². The maximum Gasteiger partial charge on any atom is 0.407 e. The molecule has 0 saturated carbocycles. The van der Waals surface area contributed by atoms with Crippen molar-refractivity contribution in [3.05, 3.63) is 35.5 Å². The highest BCUT2D eigenvalue weighted by atomic mass is 35.5. The van der Waals surface area contributed by atoms with Crippen LogP contribution in [-0.2, 0) is 4.74 Å². The van der Waals surface area contributed by atoms with Crippen molar-refractivity contribution in [2.24, 2.45) is 0 Å². The lowest BCUT2D eigenvalue weighted by Crippen LogP contribution is -2.40. The van der Waals surface area contributed by atoms with E-state index in [1.807, 2.05) is 45.0 Å². The molecule has 1 aliphatic heterocycles. The second kappa shape index (κ2) is 6.48. The van der Waals surface area contributed by atoms with Crippen LogP contribution in [0.4, 0.5) is 10.5 Å². The smallest absolute Gasteiger partial charge is 0.407 e. The molecule has 1 unspecified atom stereocenters. The van der Waals surface area contributed by atoms with Crippen LogP contribution in [-0.4, -0.2) is 35.8 Å². The Hall–Kier alpha value is -2.01. The number of hydrogen-bond acceptors (Lipinski definition) is 4. The number of alkyl carbamates (subject to hydrolysis) is 1. The average molecular weight is 348 g/mol. The van der Waals surface area contributed by atoms with Gasteiger partial charge in [-0.3, -0.25) is 4.98 Å². The van der Waals surface area contributed by atoms with Crippen molar-refractivity contribution in [2.75, 3.05) is 18.0 Å². The third-order valence-corrected chi connectivity index (χ3v) is 4.17. The summed E-state index contributed by atoms with van der Waals surface area (Å²) in [5.74, 6) is 0. The van der Waals surface area contributed by atoms with Gasteiger partial charge in [0.05, 0.1) is 11.6 Å². The first-order chi connectivity index (χ1) is 11.3. The zero-order chi connectivity index (χ0) is 17.3. The molecule has 1 amide bonds. The van der Waals surface area contributed by atoms with Gasteiger partial charge in [-0.25, -0.2) is 4.79 Å². The van der Waals surface area contributed by atoms with Gasteiger partial charge >= 0.3 is 6.09 Å². The summed E-state index contributed by atoms with van der Waals surface area (Å²) in [5.41, 5.74) is 1.51. The molecular weight excluding hydrogens is 326 g/mol. The van der Waals surface area contributed by atoms with Crippen LogP contribution < -0.4 is 10.2 Å². The lowest BCUT2D eigenvalue weighted by atomic mass is 10.2. The number of hydrogen-bond donors (Lipinski definition) is 1. The van der Waals surface area contributed by atoms with E-state index >= 15 is 0 Å². The van der Waals surface area contributed by atoms with Gasteiger partial charge in [0.15, 0.2) is 0 Å². The molecule has 2 aromatic rings. The van der Waals surface area contributed by atoms with Gasteiger partial charge < -0.3 is 15.0 Å². The fourth-order valence-corrected chi connectivity index (χ4v) is 3.12. The Balaban J connectivity index is 1.71. The van der Waals surface area contributed by atoms with Crippen LogP contribution in [0.5, 0.6) is 0 Å². The Bertz CT molecular complexity index is 758. The van der Waals surface area contributed by atoms with Crippen molar-refractivity contribution >= 4 is 34.3 Å². The molecule has 0 bridgehead atoms. The van der Waals surface area contributed by atoms with Crippen molar-refractivity contribution in [2.45, 2.75) is 38.8 Å². The van der Waals surface area contributed by atoms with Gasteiger partial charge in [0.1, 0.15) is 5.60 Å². The minimum absolute atomic E-state index is 0.0790. The van der Waals surface area contributed by atoms with Gasteiger partial charge in [-0.05, 0) is 51.5 Å². The third kappa shape index (κ3) is 3.90. The summed E-state index contributed by atoms with van der Waals surface area (Å²) >= 11 is 6.05. The molecule has 1 N–H and O–H groups in total. The number of benzene rings is 1. The fraction of sp³-hybridized carbons (Fsp3) is 0.444. The quantitative estimate of drug-likeness (QED) is 0.892. The molecule has 0 aliphatic carbocycles. The maximum atomic E-state index is 11.9. The molecule has 1 fully saturated rings. The molecule has 24 heavy (non-hydrogen) atoms. The van der Waals surface area contributed by atoms with Crippen molar-refractivity contribution < 1.29 is 9.53 Å². The van der Waals surface area contributed by atoms with Gasteiger partial charge in [-0.2, -0.15) is 0 Å². The summed E-state index contributed by atoms with van der Waals surface area (Å²) in [4.78, 5) is 18.6. The first-order valence-corrected chi connectivity index (χ1v) is 8.48. The molecule has 6 heteroatoms. The molecule has 1 aromatic heterocycles. The number of aromatic nitrogens is 1. The number of anilines is 1. The topological polar surface area (TPSA) is 54.5 Å². The summed E-state index contributed by atoms with van der Waals surface area (Å²) in [7, 11) is 0. The van der Waals surface area contributed by atoms with E-state index < -0.39 is 5.60 Å². The Kier molecular flexibility index (Phi) is 4.54. The van der Waals surface area contributed by atoms with E-state index in [0.29, 0.717) is 5.02 Å². The monoisotopic (exact) mass is 347 g/mol. The summed E-state index contributed by atoms with van der Waals surface area (Å²) < 4.78 is 5.33. The molecule has 1 aliphatic rings. The predicted molar refractivity (Wildman–Crippen MR) is 96.7 cm³/mol. The Morgan fingerprint density at radius 3 is 2.92 bits per heavy atom. The molecule has 128 valence electrons. The highest BCUT2D eigenvalue weighted by Gasteiger charge is 2.27. The van der Waals surface area contributed by atoms with E-state index in [1.165, 1.54) is 0 Å². The van der Waals surface area contributed by atoms with E-state index in [9.17, 15) is 4.79 Å². The van der Waals surface area contributed by atoms with E-state index in [1.54, 1.807) is 6.20 Å². The molecule has 0 radical (unpaired) electrons. The minimum atomic E-state index is -0.483. The molecule has 2 heterocycles. The number of ether oxygens (including phenoxy) is 1. The van der Waals surface area contributed by atoms with E-state index in [4.69, 9.17) is 16.3 Å². The Labute approximate surface area is 146 Å². The van der Waals surface area contributed by atoms with Gasteiger partial charge in [0.2, 0.25) is 0 Å². The second-order valence-electron chi connectivity index (χ2n) is 7.07. The molecule has 0 spiro atoms. The SMILES string of the molecule is CC(C)(C)OC(=O)NC1CCN(c2ccnc3cc(Cl)ccc23)C1. The summed E-state index contributed by atoms with van der Waals surface area (Å²) in [5, 5.41) is 4.70. The molecular formula is C18H22ClN3O2. The standard InChI is InChI=1S/C18H22ClN3O2/c1-18(2,3)24-17(23)21-13-7-9-22(11-13)16-6-8-20-15-10-12(19)4-5-14(15)16/h4-6,8,10,13H,7,9,11H2,1-3H3,(H,21,23). The average Bonchev–Trinajstić information content (AvgIpc) is 2.92. The number of nitrogens with one attached hydrogen (secondary N) is 1. The van der Waals surface area contributed by atoms with Crippen LogP contribution in [0, 0.1) is 0 Å². The lowest BCUT2D eigenvalue weighted by molar-refractivity contribution is 0.0509. The van der Waals surface area contributed by atoms with Crippen molar-refractivity contribution in [3.63, 3.8) is 0 Å². The Morgan fingerprint density at radius 1 is 1.38 bits per heavy atom. The number of nitrogens with zero attached hydrogens (tertiary/aromatic N) is 2. The van der Waals surface area contributed by atoms with Crippen LogP contribution >= 0.6 is 11.6 Å². The van der Waals surface area contributed by atoms with Crippen LogP contribution in [0.2, 0.25) is 5.02 Å². The lowest BCUT2D eigenvalue weighted by Gasteiger charge is -2.23. The second-order valence-corrected chi connectivity index (χ2v) is 7.51. The first-order valence-electron chi connectivity index (χ1n) is 8.10. The highest BCUT2D eigenvalue weighted by molar-refractivity contribution is 6.31. The molecule has 5 nitrogen and oxygen atoms in total. The zero-order valence-electron chi connectivity index (χ0n) is 14.2. The number of rotatable bonds is 2. The van der Waals surface area contributed by atoms with E-state index in [-0.39, 0.29) is 12.1 Å². The third-order valence-electron chi connectivity index (χ3n) is 3.93. The number of halogens is 1. The summed E-state index contributed by atoms with van der Waals surface area (Å²) in [6.07, 6.45) is 2.32. The largest absolute Gasteiger partial charge is 0.444 e. The summed E-state index contributed by atoms with van der Waals surface area (Å²) in [6.45, 7) is 7.22. The molecule has 1 atom stereocenters. The highest BCUT2D eigenvalue weighted by Crippen LogP contribution is 2.29. The van der Waals surface area contributed by atoms with Gasteiger partial charge in [-0.1, -0.05) is 11.6 Å². The maximum absolute atomic E-state index is 11.9. The first kappa shape index (κ1) is 16.8. The van der Waals surface area contributed by atoms with Crippen molar-refractivity contribution in [3.8, 4) is 0 Å². The van der Waals surface area contributed by atoms with Crippen molar-refractivity contribution in [1.82, 2.24) is 10.3 Å². The number of fused-ring (bicyclic) bond motifs is 1. The van der Waals surface area contributed by atoms with Crippen LogP contribution in [0.3, 0.4) is 0 Å². The number of carbonyl (C=O) groups is 1. The van der Waals surface area contributed by atoms with Gasteiger partial charge in [0.25, 0.3) is 0 Å². The van der Waals surface area contributed by atoms with Gasteiger partial charge in [0, 0.05) is 35.4 Å². The van der Waals surface area contributed by atoms with Crippen LogP contribution in [0.15, 0.2) is 30.5 Å². The number of carbonyl (C=O) groups excluding carboxylic acids is 1. The van der Waals surface area contributed by atoms with Crippen LogP contribution in [0.25, 0.3) is 10.9 Å². The number of amides is 1. The van der Waals surface area contributed by atoms with Crippen LogP contribution in [0.1, 0.15) is 27.2 Å². The number of pyridine rings is 1. The summed E-state index contributed by atoms with van der Waals surface area (Å²) in [6, 6.07) is 7.82. The normalized spacial score (nSPS) is 18.0. The minimum Gasteiger partial charge on any atom is -0.444 e. The van der Waals surface area contributed by atoms with Crippen molar-refractivity contribution in [1.29, 1.82) is 0 Å². The Morgan fingerprint density at radius 2 is 2.17 bits per heavy atom. The molecule has 1 saturated heterocycles. The fourth-order valence-electron chi connectivity index (χ4n) is 2.95.